The highest BCUT2D eigenvalue weighted by Gasteiger charge is 2.31. The smallest absolute Gasteiger partial charge is 0.289 e. The van der Waals surface area contributed by atoms with Crippen LogP contribution in [0.15, 0.2) is 60.8 Å². The molecule has 0 unspecified atom stereocenters. The molecule has 3 atom stereocenters. The summed E-state index contributed by atoms with van der Waals surface area (Å²) in [7, 11) is 0. The van der Waals surface area contributed by atoms with Gasteiger partial charge in [0.15, 0.2) is 0 Å². The van der Waals surface area contributed by atoms with Crippen molar-refractivity contribution in [2.75, 3.05) is 32.8 Å². The highest BCUT2D eigenvalue weighted by molar-refractivity contribution is 6.38. The number of nitrogens with zero attached hydrogens (tertiary/aromatic N) is 1. The number of benzene rings is 2. The number of rotatable bonds is 16. The molecule has 1 fully saturated rings. The Labute approximate surface area is 269 Å². The molecule has 0 bridgehead atoms. The third kappa shape index (κ3) is 9.98. The molecular formula is C34H44N6O6. The van der Waals surface area contributed by atoms with E-state index >= 15 is 0 Å². The van der Waals surface area contributed by atoms with Gasteiger partial charge in [-0.1, -0.05) is 68.3 Å². The molecule has 246 valence electrons. The fraction of sp³-hybridized carbons (Fsp3) is 0.441. The van der Waals surface area contributed by atoms with E-state index in [-0.39, 0.29) is 31.8 Å². The van der Waals surface area contributed by atoms with Crippen molar-refractivity contribution in [3.05, 3.63) is 71.9 Å². The lowest BCUT2D eigenvalue weighted by molar-refractivity contribution is -0.140. The Balaban J connectivity index is 1.46. The largest absolute Gasteiger partial charge is 0.379 e. The van der Waals surface area contributed by atoms with Crippen molar-refractivity contribution in [2.45, 2.75) is 64.2 Å². The van der Waals surface area contributed by atoms with Crippen molar-refractivity contribution in [2.24, 2.45) is 0 Å². The van der Waals surface area contributed by atoms with Crippen LogP contribution in [0.5, 0.6) is 0 Å². The number of carbonyl (C=O) groups is 5. The molecular weight excluding hydrogens is 588 g/mol. The summed E-state index contributed by atoms with van der Waals surface area (Å²) < 4.78 is 5.32. The molecule has 2 aromatic carbocycles. The molecule has 0 radical (unpaired) electrons. The van der Waals surface area contributed by atoms with Gasteiger partial charge in [0.1, 0.15) is 12.1 Å². The number of para-hydroxylation sites is 1. The summed E-state index contributed by atoms with van der Waals surface area (Å²) in [6, 6.07) is 13.7. The van der Waals surface area contributed by atoms with Crippen LogP contribution in [0.3, 0.4) is 0 Å². The van der Waals surface area contributed by atoms with Crippen LogP contribution in [-0.4, -0.2) is 90.3 Å². The Morgan fingerprint density at radius 3 is 2.33 bits per heavy atom. The van der Waals surface area contributed by atoms with Crippen molar-refractivity contribution in [1.82, 2.24) is 31.2 Å². The summed E-state index contributed by atoms with van der Waals surface area (Å²) in [5, 5.41) is 11.8. The number of hydrogen-bond acceptors (Lipinski definition) is 7. The van der Waals surface area contributed by atoms with Crippen LogP contribution in [0.2, 0.25) is 0 Å². The van der Waals surface area contributed by atoms with Crippen LogP contribution in [0.4, 0.5) is 0 Å². The molecule has 3 aromatic rings. The first-order chi connectivity index (χ1) is 22.2. The molecule has 2 heterocycles. The fourth-order valence-corrected chi connectivity index (χ4v) is 5.31. The van der Waals surface area contributed by atoms with E-state index in [1.165, 1.54) is 0 Å². The molecule has 5 N–H and O–H groups in total. The van der Waals surface area contributed by atoms with Gasteiger partial charge in [0.25, 0.3) is 5.91 Å². The summed E-state index contributed by atoms with van der Waals surface area (Å²) in [5.41, 5.74) is 2.50. The van der Waals surface area contributed by atoms with Crippen molar-refractivity contribution in [3.8, 4) is 0 Å². The predicted octanol–water partition coefficient (Wildman–Crippen LogP) is 1.59. The summed E-state index contributed by atoms with van der Waals surface area (Å²) in [6.45, 7) is 6.16. The molecule has 1 aliphatic rings. The number of amides is 4. The van der Waals surface area contributed by atoms with Gasteiger partial charge in [-0.2, -0.15) is 0 Å². The van der Waals surface area contributed by atoms with Gasteiger partial charge in [-0.3, -0.25) is 28.9 Å². The molecule has 0 saturated carbocycles. The van der Waals surface area contributed by atoms with Gasteiger partial charge < -0.3 is 31.0 Å². The molecule has 4 amide bonds. The zero-order chi connectivity index (χ0) is 32.9. The number of aromatic amines is 1. The van der Waals surface area contributed by atoms with E-state index < -0.39 is 41.6 Å². The van der Waals surface area contributed by atoms with E-state index in [4.69, 9.17) is 4.74 Å². The maximum Gasteiger partial charge on any atom is 0.289 e. The lowest BCUT2D eigenvalue weighted by Gasteiger charge is -2.27. The lowest BCUT2D eigenvalue weighted by Crippen LogP contribution is -2.57. The Kier molecular flexibility index (Phi) is 12.9. The number of fused-ring (bicyclic) bond motifs is 1. The summed E-state index contributed by atoms with van der Waals surface area (Å²) in [5.74, 6) is -3.00. The number of ketones is 1. The average Bonchev–Trinajstić information content (AvgIpc) is 3.48. The molecule has 46 heavy (non-hydrogen) atoms. The molecule has 12 heteroatoms. The van der Waals surface area contributed by atoms with E-state index in [9.17, 15) is 24.0 Å². The minimum atomic E-state index is -1.09. The van der Waals surface area contributed by atoms with Crippen molar-refractivity contribution in [3.63, 3.8) is 0 Å². The minimum Gasteiger partial charge on any atom is -0.379 e. The number of carbonyl (C=O) groups excluding carboxylic acids is 5. The molecule has 1 saturated heterocycles. The number of nitrogens with one attached hydrogen (secondary N) is 5. The molecule has 0 spiro atoms. The first-order valence-corrected chi connectivity index (χ1v) is 15.9. The van der Waals surface area contributed by atoms with E-state index in [2.05, 4.69) is 26.3 Å². The quantitative estimate of drug-likeness (QED) is 0.150. The van der Waals surface area contributed by atoms with Gasteiger partial charge in [-0.05, 0) is 30.5 Å². The number of ether oxygens (including phenoxy) is 1. The summed E-state index contributed by atoms with van der Waals surface area (Å²) >= 11 is 0. The predicted molar refractivity (Wildman–Crippen MR) is 174 cm³/mol. The van der Waals surface area contributed by atoms with Gasteiger partial charge in [0, 0.05) is 43.2 Å². The SMILES string of the molecule is CCCC[C@H](NC(=O)[C@H](Cc1c[nH]c2ccccc12)NC(=O)[C@H](C)NC(=O)CN1CCOCC1)C(=O)C(=O)NCc1ccccc1. The Morgan fingerprint density at radius 1 is 0.891 bits per heavy atom. The van der Waals surface area contributed by atoms with E-state index in [1.807, 2.05) is 66.4 Å². The maximum absolute atomic E-state index is 13.8. The molecule has 1 aromatic heterocycles. The summed E-state index contributed by atoms with van der Waals surface area (Å²) in [4.78, 5) is 71.0. The zero-order valence-corrected chi connectivity index (χ0v) is 26.5. The van der Waals surface area contributed by atoms with Gasteiger partial charge in [0.05, 0.1) is 25.8 Å². The van der Waals surface area contributed by atoms with Crippen molar-refractivity contribution in [1.29, 1.82) is 0 Å². The van der Waals surface area contributed by atoms with E-state index in [0.29, 0.717) is 32.7 Å². The third-order valence-corrected chi connectivity index (χ3v) is 7.97. The van der Waals surface area contributed by atoms with E-state index in [1.54, 1.807) is 13.1 Å². The first-order valence-electron chi connectivity index (χ1n) is 15.9. The number of Topliss-reactive ketones (excluding diaryl/α,β-unsaturated/α-hetero) is 1. The normalized spacial score (nSPS) is 15.3. The molecule has 1 aliphatic heterocycles. The average molecular weight is 633 g/mol. The highest BCUT2D eigenvalue weighted by Crippen LogP contribution is 2.19. The van der Waals surface area contributed by atoms with Gasteiger partial charge in [0.2, 0.25) is 23.5 Å². The lowest BCUT2D eigenvalue weighted by atomic mass is 10.0. The van der Waals surface area contributed by atoms with Crippen LogP contribution in [0.25, 0.3) is 10.9 Å². The zero-order valence-electron chi connectivity index (χ0n) is 26.5. The van der Waals surface area contributed by atoms with Crippen LogP contribution in [0.1, 0.15) is 44.2 Å². The van der Waals surface area contributed by atoms with Crippen LogP contribution >= 0.6 is 0 Å². The van der Waals surface area contributed by atoms with Crippen LogP contribution < -0.4 is 21.3 Å². The molecule has 0 aliphatic carbocycles. The second-order valence-corrected chi connectivity index (χ2v) is 11.5. The second-order valence-electron chi connectivity index (χ2n) is 11.5. The Morgan fingerprint density at radius 2 is 1.59 bits per heavy atom. The van der Waals surface area contributed by atoms with E-state index in [0.717, 1.165) is 28.5 Å². The number of unbranched alkanes of at least 4 members (excludes halogenated alkanes) is 1. The van der Waals surface area contributed by atoms with Gasteiger partial charge in [-0.25, -0.2) is 0 Å². The minimum absolute atomic E-state index is 0.116. The molecule has 4 rings (SSSR count). The Hall–Kier alpha value is -4.55. The standard InChI is InChI=1S/C34H44N6O6/c1-3-4-13-28(31(42)34(45)36-20-24-10-6-5-7-11-24)38-33(44)29(19-25-21-35-27-14-9-8-12-26(25)27)39-32(43)23(2)37-30(41)22-40-15-17-46-18-16-40/h5-12,14,21,23,28-29,35H,3-4,13,15-20,22H2,1-2H3,(H,36,45)(H,37,41)(H,38,44)(H,39,43)/t23-,28-,29-/m0/s1. The van der Waals surface area contributed by atoms with Gasteiger partial charge in [-0.15, -0.1) is 0 Å². The maximum atomic E-state index is 13.8. The number of H-pyrrole nitrogens is 1. The highest BCUT2D eigenvalue weighted by atomic mass is 16.5. The summed E-state index contributed by atoms with van der Waals surface area (Å²) in [6.07, 6.45) is 3.52. The third-order valence-electron chi connectivity index (χ3n) is 7.97. The number of aromatic nitrogens is 1. The number of hydrogen-bond donors (Lipinski definition) is 5. The van der Waals surface area contributed by atoms with Crippen molar-refractivity contribution >= 4 is 40.3 Å². The number of morpholine rings is 1. The topological polar surface area (TPSA) is 162 Å². The fourth-order valence-electron chi connectivity index (χ4n) is 5.31. The first kappa shape index (κ1) is 34.3. The van der Waals surface area contributed by atoms with Crippen molar-refractivity contribution < 1.29 is 28.7 Å². The van der Waals surface area contributed by atoms with Crippen LogP contribution in [-0.2, 0) is 41.7 Å². The monoisotopic (exact) mass is 632 g/mol. The Bertz CT molecular complexity index is 1490. The second kappa shape index (κ2) is 17.2. The van der Waals surface area contributed by atoms with Crippen LogP contribution in [0, 0.1) is 0 Å². The van der Waals surface area contributed by atoms with Gasteiger partial charge >= 0.3 is 0 Å². The molecule has 12 nitrogen and oxygen atoms in total.